The molecule has 5 heteroatoms. The Labute approximate surface area is 128 Å². The number of anilines is 2. The summed E-state index contributed by atoms with van der Waals surface area (Å²) in [5.74, 6) is -0.172. The van der Waals surface area contributed by atoms with E-state index in [4.69, 9.17) is 5.73 Å². The summed E-state index contributed by atoms with van der Waals surface area (Å²) < 4.78 is 0. The van der Waals surface area contributed by atoms with Crippen LogP contribution < -0.4 is 10.6 Å². The Morgan fingerprint density at radius 2 is 1.86 bits per heavy atom. The molecule has 4 nitrogen and oxygen atoms in total. The summed E-state index contributed by atoms with van der Waals surface area (Å²) in [6.07, 6.45) is 1.99. The normalized spacial score (nSPS) is 10.4. The van der Waals surface area contributed by atoms with Gasteiger partial charge in [0.2, 0.25) is 0 Å². The lowest BCUT2D eigenvalue weighted by Crippen LogP contribution is -2.34. The first-order chi connectivity index (χ1) is 10.2. The van der Waals surface area contributed by atoms with E-state index in [1.54, 1.807) is 36.0 Å². The Kier molecular flexibility index (Phi) is 5.25. The number of para-hydroxylation sites is 2. The van der Waals surface area contributed by atoms with Crippen LogP contribution in [0.4, 0.5) is 11.4 Å². The number of carbonyl (C=O) groups is 1. The van der Waals surface area contributed by atoms with Crippen molar-refractivity contribution in [3.63, 3.8) is 0 Å². The van der Waals surface area contributed by atoms with Gasteiger partial charge in [0.25, 0.3) is 5.91 Å². The molecular weight excluding hydrogens is 284 g/mol. The van der Waals surface area contributed by atoms with Gasteiger partial charge in [-0.2, -0.15) is 0 Å². The topological polar surface area (TPSA) is 66.6 Å². The van der Waals surface area contributed by atoms with E-state index >= 15 is 0 Å². The van der Waals surface area contributed by atoms with E-state index < -0.39 is 0 Å². The molecule has 0 aliphatic heterocycles. The largest absolute Gasteiger partial charge is 0.397 e. The third kappa shape index (κ3) is 3.56. The van der Waals surface area contributed by atoms with Crippen LogP contribution in [0.15, 0.2) is 53.4 Å². The first kappa shape index (κ1) is 15.4. The highest BCUT2D eigenvalue weighted by Crippen LogP contribution is 2.24. The number of amides is 1. The standard InChI is InChI=1S/C16H18N2O2S/c1-21-13-8-6-12(7-9-13)16(20)18(10-11-19)15-5-3-2-4-14(15)17/h2-9,19H,10-11,17H2,1H3. The number of hydrogen-bond acceptors (Lipinski definition) is 4. The zero-order valence-corrected chi connectivity index (χ0v) is 12.6. The fraction of sp³-hybridized carbons (Fsp3) is 0.188. The fourth-order valence-corrected chi connectivity index (χ4v) is 2.46. The summed E-state index contributed by atoms with van der Waals surface area (Å²) in [5.41, 5.74) is 7.64. The molecule has 0 fully saturated rings. The number of nitrogen functional groups attached to an aromatic ring is 1. The maximum absolute atomic E-state index is 12.6. The molecule has 2 aromatic carbocycles. The van der Waals surface area contributed by atoms with E-state index in [9.17, 15) is 9.90 Å². The molecule has 0 saturated carbocycles. The molecule has 0 unspecified atom stereocenters. The third-order valence-electron chi connectivity index (χ3n) is 3.13. The molecule has 0 aliphatic rings. The van der Waals surface area contributed by atoms with Crippen molar-refractivity contribution in [1.82, 2.24) is 0 Å². The quantitative estimate of drug-likeness (QED) is 0.658. The van der Waals surface area contributed by atoms with Crippen LogP contribution in [0.25, 0.3) is 0 Å². The lowest BCUT2D eigenvalue weighted by Gasteiger charge is -2.23. The first-order valence-electron chi connectivity index (χ1n) is 6.58. The lowest BCUT2D eigenvalue weighted by molar-refractivity contribution is 0.0981. The molecule has 21 heavy (non-hydrogen) atoms. The summed E-state index contributed by atoms with van der Waals surface area (Å²) >= 11 is 1.62. The van der Waals surface area contributed by atoms with Crippen LogP contribution in [0, 0.1) is 0 Å². The van der Waals surface area contributed by atoms with Gasteiger partial charge < -0.3 is 15.7 Å². The monoisotopic (exact) mass is 302 g/mol. The van der Waals surface area contributed by atoms with Crippen LogP contribution in [0.5, 0.6) is 0 Å². The number of carbonyl (C=O) groups excluding carboxylic acids is 1. The number of nitrogens with two attached hydrogens (primary N) is 1. The van der Waals surface area contributed by atoms with Gasteiger partial charge in [0, 0.05) is 17.0 Å². The van der Waals surface area contributed by atoms with E-state index in [1.165, 1.54) is 4.90 Å². The van der Waals surface area contributed by atoms with Gasteiger partial charge in [0.1, 0.15) is 0 Å². The van der Waals surface area contributed by atoms with E-state index in [-0.39, 0.29) is 19.1 Å². The maximum atomic E-state index is 12.6. The third-order valence-corrected chi connectivity index (χ3v) is 3.88. The highest BCUT2D eigenvalue weighted by atomic mass is 32.2. The Morgan fingerprint density at radius 1 is 1.19 bits per heavy atom. The summed E-state index contributed by atoms with van der Waals surface area (Å²) in [6, 6.07) is 14.5. The predicted molar refractivity (Wildman–Crippen MR) is 87.8 cm³/mol. The average molecular weight is 302 g/mol. The fourth-order valence-electron chi connectivity index (χ4n) is 2.05. The smallest absolute Gasteiger partial charge is 0.258 e. The van der Waals surface area contributed by atoms with Crippen molar-refractivity contribution in [1.29, 1.82) is 0 Å². The van der Waals surface area contributed by atoms with Crippen molar-refractivity contribution in [3.8, 4) is 0 Å². The van der Waals surface area contributed by atoms with Crippen molar-refractivity contribution >= 4 is 29.0 Å². The second-order valence-corrected chi connectivity index (χ2v) is 5.35. The molecular formula is C16H18N2O2S. The molecule has 3 N–H and O–H groups in total. The van der Waals surface area contributed by atoms with Crippen LogP contribution in [-0.4, -0.2) is 30.4 Å². The minimum absolute atomic E-state index is 0.122. The zero-order valence-electron chi connectivity index (χ0n) is 11.8. The van der Waals surface area contributed by atoms with Crippen LogP contribution in [0.2, 0.25) is 0 Å². The van der Waals surface area contributed by atoms with Crippen LogP contribution in [0.3, 0.4) is 0 Å². The molecule has 0 atom stereocenters. The molecule has 2 rings (SSSR count). The molecule has 0 spiro atoms. The summed E-state index contributed by atoms with van der Waals surface area (Å²) in [5, 5.41) is 9.23. The maximum Gasteiger partial charge on any atom is 0.258 e. The van der Waals surface area contributed by atoms with E-state index in [0.29, 0.717) is 16.9 Å². The van der Waals surface area contributed by atoms with Gasteiger partial charge in [0.05, 0.1) is 18.0 Å². The average Bonchev–Trinajstić information content (AvgIpc) is 2.53. The van der Waals surface area contributed by atoms with Crippen molar-refractivity contribution in [2.45, 2.75) is 4.90 Å². The molecule has 0 aliphatic carbocycles. The summed E-state index contributed by atoms with van der Waals surface area (Å²) in [4.78, 5) is 15.2. The molecule has 0 bridgehead atoms. The predicted octanol–water partition coefficient (Wildman–Crippen LogP) is 2.63. The van der Waals surface area contributed by atoms with E-state index in [0.717, 1.165) is 4.90 Å². The van der Waals surface area contributed by atoms with Crippen LogP contribution in [0.1, 0.15) is 10.4 Å². The van der Waals surface area contributed by atoms with Crippen LogP contribution >= 0.6 is 11.8 Å². The van der Waals surface area contributed by atoms with Crippen molar-refractivity contribution < 1.29 is 9.90 Å². The highest BCUT2D eigenvalue weighted by molar-refractivity contribution is 7.98. The highest BCUT2D eigenvalue weighted by Gasteiger charge is 2.18. The second-order valence-electron chi connectivity index (χ2n) is 4.47. The zero-order chi connectivity index (χ0) is 15.2. The van der Waals surface area contributed by atoms with Gasteiger partial charge in [-0.25, -0.2) is 0 Å². The number of thioether (sulfide) groups is 1. The summed E-state index contributed by atoms with van der Waals surface area (Å²) in [7, 11) is 0. The lowest BCUT2D eigenvalue weighted by atomic mass is 10.1. The van der Waals surface area contributed by atoms with Crippen molar-refractivity contribution in [2.75, 3.05) is 30.0 Å². The van der Waals surface area contributed by atoms with Gasteiger partial charge >= 0.3 is 0 Å². The molecule has 0 aromatic heterocycles. The molecule has 110 valence electrons. The van der Waals surface area contributed by atoms with Gasteiger partial charge in [-0.15, -0.1) is 11.8 Å². The first-order valence-corrected chi connectivity index (χ1v) is 7.81. The molecule has 2 aromatic rings. The molecule has 1 amide bonds. The number of hydrogen-bond donors (Lipinski definition) is 2. The van der Waals surface area contributed by atoms with Crippen molar-refractivity contribution in [2.24, 2.45) is 0 Å². The minimum Gasteiger partial charge on any atom is -0.397 e. The second kappa shape index (κ2) is 7.15. The number of nitrogens with zero attached hydrogens (tertiary/aromatic N) is 1. The molecule has 0 saturated heterocycles. The Hall–Kier alpha value is -1.98. The van der Waals surface area contributed by atoms with Gasteiger partial charge in [-0.1, -0.05) is 12.1 Å². The molecule has 0 heterocycles. The Balaban J connectivity index is 2.33. The number of aliphatic hydroxyl groups is 1. The number of rotatable bonds is 5. The van der Waals surface area contributed by atoms with Gasteiger partial charge in [-0.3, -0.25) is 4.79 Å². The minimum atomic E-state index is -0.172. The van der Waals surface area contributed by atoms with Crippen LogP contribution in [-0.2, 0) is 0 Å². The molecule has 0 radical (unpaired) electrons. The van der Waals surface area contributed by atoms with Gasteiger partial charge in [-0.05, 0) is 42.7 Å². The van der Waals surface area contributed by atoms with Crippen molar-refractivity contribution in [3.05, 3.63) is 54.1 Å². The van der Waals surface area contributed by atoms with E-state index in [2.05, 4.69) is 0 Å². The van der Waals surface area contributed by atoms with E-state index in [1.807, 2.05) is 30.5 Å². The number of benzene rings is 2. The Bertz CT molecular complexity index is 614. The van der Waals surface area contributed by atoms with Gasteiger partial charge in [0.15, 0.2) is 0 Å². The Morgan fingerprint density at radius 3 is 2.43 bits per heavy atom. The SMILES string of the molecule is CSc1ccc(C(=O)N(CCO)c2ccccc2N)cc1. The number of aliphatic hydroxyl groups excluding tert-OH is 1. The summed E-state index contributed by atoms with van der Waals surface area (Å²) in [6.45, 7) is 0.0836.